The number of rotatable bonds is 8. The van der Waals surface area contributed by atoms with E-state index in [1.807, 2.05) is 38.1 Å². The molecule has 2 amide bonds. The number of carbonyl (C=O) groups is 2. The molecule has 0 fully saturated rings. The number of anilines is 1. The van der Waals surface area contributed by atoms with Gasteiger partial charge in [-0.3, -0.25) is 9.59 Å². The molecule has 0 spiro atoms. The molecule has 0 aliphatic carbocycles. The van der Waals surface area contributed by atoms with Crippen molar-refractivity contribution >= 4 is 29.3 Å². The predicted octanol–water partition coefficient (Wildman–Crippen LogP) is 3.91. The minimum Gasteiger partial charge on any atom is -0.497 e. The van der Waals surface area contributed by atoms with Crippen LogP contribution in [-0.2, 0) is 4.79 Å². The standard InChI is InChI=1S/C20H24N2O3S/c1-4-22(5-2)20(24)15-6-8-16(9-7-15)21-19(23)14-26-18-12-10-17(25-3)11-13-18/h6-13H,4-5,14H2,1-3H3,(H,21,23). The summed E-state index contributed by atoms with van der Waals surface area (Å²) in [7, 11) is 1.62. The first-order valence-corrected chi connectivity index (χ1v) is 9.52. The topological polar surface area (TPSA) is 58.6 Å². The molecule has 0 radical (unpaired) electrons. The number of methoxy groups -OCH3 is 1. The van der Waals surface area contributed by atoms with Gasteiger partial charge >= 0.3 is 0 Å². The highest BCUT2D eigenvalue weighted by Gasteiger charge is 2.12. The zero-order valence-electron chi connectivity index (χ0n) is 15.3. The van der Waals surface area contributed by atoms with Crippen LogP contribution in [0.5, 0.6) is 5.75 Å². The average Bonchev–Trinajstić information content (AvgIpc) is 2.68. The monoisotopic (exact) mass is 372 g/mol. The summed E-state index contributed by atoms with van der Waals surface area (Å²) in [5, 5.41) is 2.85. The molecule has 138 valence electrons. The fourth-order valence-corrected chi connectivity index (χ4v) is 3.11. The van der Waals surface area contributed by atoms with Crippen molar-refractivity contribution in [2.75, 3.05) is 31.3 Å². The van der Waals surface area contributed by atoms with Crippen molar-refractivity contribution in [3.8, 4) is 5.75 Å². The molecule has 2 aromatic carbocycles. The van der Waals surface area contributed by atoms with E-state index in [1.54, 1.807) is 36.3 Å². The summed E-state index contributed by atoms with van der Waals surface area (Å²) in [6.45, 7) is 5.26. The molecule has 26 heavy (non-hydrogen) atoms. The Kier molecular flexibility index (Phi) is 7.53. The van der Waals surface area contributed by atoms with E-state index in [9.17, 15) is 9.59 Å². The maximum atomic E-state index is 12.3. The summed E-state index contributed by atoms with van der Waals surface area (Å²) in [5.41, 5.74) is 1.31. The third-order valence-corrected chi connectivity index (χ3v) is 4.91. The highest BCUT2D eigenvalue weighted by molar-refractivity contribution is 8.00. The molecule has 0 heterocycles. The Labute approximate surface area is 158 Å². The second-order valence-corrected chi connectivity index (χ2v) is 6.62. The summed E-state index contributed by atoms with van der Waals surface area (Å²) in [5.74, 6) is 1.02. The number of hydrogen-bond donors (Lipinski definition) is 1. The predicted molar refractivity (Wildman–Crippen MR) is 106 cm³/mol. The lowest BCUT2D eigenvalue weighted by atomic mass is 10.2. The lowest BCUT2D eigenvalue weighted by Crippen LogP contribution is -2.30. The van der Waals surface area contributed by atoms with Gasteiger partial charge in [-0.25, -0.2) is 0 Å². The van der Waals surface area contributed by atoms with Gasteiger partial charge in [0, 0.05) is 29.2 Å². The Bertz CT molecular complexity index is 726. The quantitative estimate of drug-likeness (QED) is 0.714. The number of benzene rings is 2. The van der Waals surface area contributed by atoms with Crippen LogP contribution in [0.15, 0.2) is 53.4 Å². The number of nitrogens with one attached hydrogen (secondary N) is 1. The molecule has 0 saturated heterocycles. The van der Waals surface area contributed by atoms with Crippen LogP contribution in [-0.4, -0.2) is 42.7 Å². The van der Waals surface area contributed by atoms with Crippen molar-refractivity contribution in [2.45, 2.75) is 18.7 Å². The molecule has 0 saturated carbocycles. The second kappa shape index (κ2) is 9.87. The van der Waals surface area contributed by atoms with Crippen LogP contribution in [0, 0.1) is 0 Å². The number of amides is 2. The smallest absolute Gasteiger partial charge is 0.253 e. The van der Waals surface area contributed by atoms with E-state index in [-0.39, 0.29) is 11.8 Å². The van der Waals surface area contributed by atoms with Crippen molar-refractivity contribution in [1.29, 1.82) is 0 Å². The first-order chi connectivity index (χ1) is 12.6. The van der Waals surface area contributed by atoms with Crippen LogP contribution in [0.4, 0.5) is 5.69 Å². The van der Waals surface area contributed by atoms with Gasteiger partial charge in [0.05, 0.1) is 12.9 Å². The highest BCUT2D eigenvalue weighted by Crippen LogP contribution is 2.21. The number of thioether (sulfide) groups is 1. The Morgan fingerprint density at radius 1 is 1.00 bits per heavy atom. The van der Waals surface area contributed by atoms with Crippen molar-refractivity contribution in [2.24, 2.45) is 0 Å². The maximum Gasteiger partial charge on any atom is 0.253 e. The number of nitrogens with zero attached hydrogens (tertiary/aromatic N) is 1. The van der Waals surface area contributed by atoms with Gasteiger partial charge in [-0.1, -0.05) is 0 Å². The minimum absolute atomic E-state index is 0.00272. The summed E-state index contributed by atoms with van der Waals surface area (Å²) >= 11 is 1.46. The Balaban J connectivity index is 1.87. The molecule has 5 nitrogen and oxygen atoms in total. The van der Waals surface area contributed by atoms with E-state index >= 15 is 0 Å². The van der Waals surface area contributed by atoms with Crippen molar-refractivity contribution < 1.29 is 14.3 Å². The van der Waals surface area contributed by atoms with Crippen LogP contribution in [0.1, 0.15) is 24.2 Å². The Morgan fingerprint density at radius 2 is 1.62 bits per heavy atom. The highest BCUT2D eigenvalue weighted by atomic mass is 32.2. The minimum atomic E-state index is -0.0892. The molecule has 0 aromatic heterocycles. The van der Waals surface area contributed by atoms with Gasteiger partial charge < -0.3 is 15.0 Å². The van der Waals surface area contributed by atoms with Gasteiger partial charge in [0.2, 0.25) is 5.91 Å². The van der Waals surface area contributed by atoms with Crippen LogP contribution >= 0.6 is 11.8 Å². The average molecular weight is 372 g/mol. The molecule has 0 aliphatic heterocycles. The van der Waals surface area contributed by atoms with Crippen molar-refractivity contribution in [3.63, 3.8) is 0 Å². The van der Waals surface area contributed by atoms with Crippen LogP contribution < -0.4 is 10.1 Å². The van der Waals surface area contributed by atoms with E-state index in [1.165, 1.54) is 11.8 Å². The SMILES string of the molecule is CCN(CC)C(=O)c1ccc(NC(=O)CSc2ccc(OC)cc2)cc1. The fourth-order valence-electron chi connectivity index (χ4n) is 2.41. The normalized spacial score (nSPS) is 10.3. The first kappa shape index (κ1) is 19.8. The number of ether oxygens (including phenoxy) is 1. The van der Waals surface area contributed by atoms with Gasteiger partial charge in [-0.05, 0) is 62.4 Å². The summed E-state index contributed by atoms with van der Waals surface area (Å²) in [4.78, 5) is 27.1. The summed E-state index contributed by atoms with van der Waals surface area (Å²) < 4.78 is 5.11. The van der Waals surface area contributed by atoms with Gasteiger partial charge in [0.25, 0.3) is 5.91 Å². The van der Waals surface area contributed by atoms with Crippen LogP contribution in [0.3, 0.4) is 0 Å². The van der Waals surface area contributed by atoms with Crippen molar-refractivity contribution in [1.82, 2.24) is 4.90 Å². The molecule has 2 aromatic rings. The fraction of sp³-hybridized carbons (Fsp3) is 0.300. The molecular formula is C20H24N2O3S. The zero-order chi connectivity index (χ0) is 18.9. The van der Waals surface area contributed by atoms with E-state index in [0.717, 1.165) is 10.6 Å². The van der Waals surface area contributed by atoms with Crippen LogP contribution in [0.2, 0.25) is 0 Å². The Morgan fingerprint density at radius 3 is 2.15 bits per heavy atom. The van der Waals surface area contributed by atoms with Crippen LogP contribution in [0.25, 0.3) is 0 Å². The van der Waals surface area contributed by atoms with E-state index < -0.39 is 0 Å². The number of hydrogen-bond acceptors (Lipinski definition) is 4. The van der Waals surface area contributed by atoms with Gasteiger partial charge in [-0.15, -0.1) is 11.8 Å². The molecule has 0 atom stereocenters. The van der Waals surface area contributed by atoms with Crippen molar-refractivity contribution in [3.05, 3.63) is 54.1 Å². The number of carbonyl (C=O) groups excluding carboxylic acids is 2. The molecule has 2 rings (SSSR count). The molecule has 6 heteroatoms. The summed E-state index contributed by atoms with van der Waals surface area (Å²) in [6.07, 6.45) is 0. The largest absolute Gasteiger partial charge is 0.497 e. The summed E-state index contributed by atoms with van der Waals surface area (Å²) in [6, 6.07) is 14.6. The molecule has 0 bridgehead atoms. The second-order valence-electron chi connectivity index (χ2n) is 5.57. The Hall–Kier alpha value is -2.47. The first-order valence-electron chi connectivity index (χ1n) is 8.53. The third kappa shape index (κ3) is 5.52. The van der Waals surface area contributed by atoms with E-state index in [4.69, 9.17) is 4.74 Å². The van der Waals surface area contributed by atoms with Gasteiger partial charge in [0.1, 0.15) is 5.75 Å². The zero-order valence-corrected chi connectivity index (χ0v) is 16.1. The lowest BCUT2D eigenvalue weighted by molar-refractivity contribution is -0.113. The van der Waals surface area contributed by atoms with E-state index in [2.05, 4.69) is 5.32 Å². The van der Waals surface area contributed by atoms with Gasteiger partial charge in [-0.2, -0.15) is 0 Å². The molecule has 1 N–H and O–H groups in total. The van der Waals surface area contributed by atoms with E-state index in [0.29, 0.717) is 30.1 Å². The molecule has 0 aliphatic rings. The third-order valence-electron chi connectivity index (χ3n) is 3.90. The van der Waals surface area contributed by atoms with Gasteiger partial charge in [0.15, 0.2) is 0 Å². The molecule has 0 unspecified atom stereocenters. The lowest BCUT2D eigenvalue weighted by Gasteiger charge is -2.18. The molecular weight excluding hydrogens is 348 g/mol. The maximum absolute atomic E-state index is 12.3.